The molecule has 1 aliphatic carbocycles. The van der Waals surface area contributed by atoms with Crippen LogP contribution in [0, 0.1) is 6.92 Å². The first-order valence-corrected chi connectivity index (χ1v) is 11.3. The molecule has 7 heteroatoms. The minimum Gasteiger partial charge on any atom is -0.493 e. The monoisotopic (exact) mass is 429 g/mol. The molecule has 0 aromatic heterocycles. The van der Waals surface area contributed by atoms with Crippen molar-refractivity contribution in [1.29, 1.82) is 0 Å². The highest BCUT2D eigenvalue weighted by molar-refractivity contribution is 7.89. The van der Waals surface area contributed by atoms with Gasteiger partial charge in [-0.3, -0.25) is 0 Å². The number of allylic oxidation sites excluding steroid dienone is 1. The third-order valence-electron chi connectivity index (χ3n) is 5.35. The second kappa shape index (κ2) is 9.45. The van der Waals surface area contributed by atoms with E-state index in [1.165, 1.54) is 4.31 Å². The summed E-state index contributed by atoms with van der Waals surface area (Å²) in [6.45, 7) is 1.70. The van der Waals surface area contributed by atoms with E-state index in [4.69, 9.17) is 9.47 Å². The van der Waals surface area contributed by atoms with Gasteiger partial charge in [0.15, 0.2) is 11.5 Å². The first-order valence-electron chi connectivity index (χ1n) is 9.87. The maximum atomic E-state index is 13.4. The average molecular weight is 430 g/mol. The molecule has 2 aromatic rings. The Bertz CT molecular complexity index is 1030. The largest absolute Gasteiger partial charge is 0.493 e. The van der Waals surface area contributed by atoms with Crippen molar-refractivity contribution >= 4 is 21.9 Å². The fraction of sp³-hybridized carbons (Fsp3) is 0.348. The van der Waals surface area contributed by atoms with Crippen LogP contribution in [0.4, 0.5) is 0 Å². The number of rotatable bonds is 8. The number of sulfonamides is 1. The molecule has 0 saturated carbocycles. The molecule has 3 rings (SSSR count). The summed E-state index contributed by atoms with van der Waals surface area (Å²) in [5.41, 5.74) is 2.70. The predicted molar refractivity (Wildman–Crippen MR) is 116 cm³/mol. The first-order chi connectivity index (χ1) is 14.4. The van der Waals surface area contributed by atoms with E-state index in [9.17, 15) is 13.2 Å². The molecule has 0 unspecified atom stereocenters. The number of ether oxygens (including phenoxy) is 2. The van der Waals surface area contributed by atoms with Gasteiger partial charge in [0, 0.05) is 0 Å². The molecule has 1 atom stereocenters. The number of nitrogens with zero attached hydrogens (tertiary/aromatic N) is 1. The molecule has 0 radical (unpaired) electrons. The van der Waals surface area contributed by atoms with Gasteiger partial charge < -0.3 is 14.3 Å². The molecular weight excluding hydrogens is 402 g/mol. The highest BCUT2D eigenvalue weighted by Gasteiger charge is 2.35. The van der Waals surface area contributed by atoms with Crippen LogP contribution in [0.3, 0.4) is 0 Å². The van der Waals surface area contributed by atoms with Crippen molar-refractivity contribution < 1.29 is 22.7 Å². The highest BCUT2D eigenvalue weighted by Crippen LogP contribution is 2.37. The van der Waals surface area contributed by atoms with Gasteiger partial charge in [0.05, 0.1) is 31.7 Å². The van der Waals surface area contributed by atoms with Crippen LogP contribution in [0.2, 0.25) is 0 Å². The van der Waals surface area contributed by atoms with Crippen LogP contribution in [0.15, 0.2) is 53.4 Å². The van der Waals surface area contributed by atoms with Crippen LogP contribution < -0.4 is 9.47 Å². The number of hydrogen-bond donors (Lipinski definition) is 0. The molecule has 160 valence electrons. The summed E-state index contributed by atoms with van der Waals surface area (Å²) in [6.07, 6.45) is 5.03. The Hall–Kier alpha value is -2.64. The van der Waals surface area contributed by atoms with Crippen molar-refractivity contribution in [3.63, 3.8) is 0 Å². The Morgan fingerprint density at radius 3 is 2.40 bits per heavy atom. The molecule has 0 bridgehead atoms. The minimum atomic E-state index is -3.84. The molecule has 0 N–H and O–H groups in total. The summed E-state index contributed by atoms with van der Waals surface area (Å²) < 4.78 is 38.9. The molecule has 2 aromatic carbocycles. The zero-order valence-electron chi connectivity index (χ0n) is 17.5. The zero-order valence-corrected chi connectivity index (χ0v) is 18.3. The smallest absolute Gasteiger partial charge is 0.244 e. The SMILES string of the molecule is COc1ccc(C2=CCCC[C@@H]2N(CC=O)S(=O)(=O)c2ccc(C)cc2)cc1OC. The Morgan fingerprint density at radius 1 is 1.07 bits per heavy atom. The van der Waals surface area contributed by atoms with Gasteiger partial charge in [-0.15, -0.1) is 0 Å². The van der Waals surface area contributed by atoms with Gasteiger partial charge in [-0.2, -0.15) is 4.31 Å². The van der Waals surface area contributed by atoms with Gasteiger partial charge in [-0.1, -0.05) is 29.8 Å². The summed E-state index contributed by atoms with van der Waals surface area (Å²) in [6, 6.07) is 11.8. The molecule has 0 aliphatic heterocycles. The van der Waals surface area contributed by atoms with Crippen molar-refractivity contribution in [2.45, 2.75) is 37.1 Å². The first kappa shape index (κ1) is 22.1. The summed E-state index contributed by atoms with van der Waals surface area (Å²) >= 11 is 0. The summed E-state index contributed by atoms with van der Waals surface area (Å²) in [5.74, 6) is 1.18. The third kappa shape index (κ3) is 4.42. The maximum absolute atomic E-state index is 13.4. The molecular formula is C23H27NO5S. The van der Waals surface area contributed by atoms with Crippen LogP contribution in [-0.2, 0) is 14.8 Å². The molecule has 6 nitrogen and oxygen atoms in total. The van der Waals surface area contributed by atoms with E-state index >= 15 is 0 Å². The molecule has 0 fully saturated rings. The summed E-state index contributed by atoms with van der Waals surface area (Å²) in [7, 11) is -0.710. The van der Waals surface area contributed by atoms with Crippen molar-refractivity contribution in [2.24, 2.45) is 0 Å². The maximum Gasteiger partial charge on any atom is 0.244 e. The van der Waals surface area contributed by atoms with Gasteiger partial charge in [-0.05, 0) is 61.6 Å². The van der Waals surface area contributed by atoms with Gasteiger partial charge in [0.25, 0.3) is 0 Å². The number of hydrogen-bond acceptors (Lipinski definition) is 5. The summed E-state index contributed by atoms with van der Waals surface area (Å²) in [4.78, 5) is 11.6. The van der Waals surface area contributed by atoms with Crippen molar-refractivity contribution in [2.75, 3.05) is 20.8 Å². The number of aldehydes is 1. The lowest BCUT2D eigenvalue weighted by atomic mass is 9.89. The lowest BCUT2D eigenvalue weighted by Gasteiger charge is -2.34. The standard InChI is InChI=1S/C23H27NO5S/c1-17-8-11-19(12-9-17)30(26,27)24(14-15-25)21-7-5-4-6-20(21)18-10-13-22(28-2)23(16-18)29-3/h6,8-13,15-16,21H,4-5,7,14H2,1-3H3/t21-/m0/s1. The third-order valence-corrected chi connectivity index (χ3v) is 7.24. The zero-order chi connectivity index (χ0) is 21.7. The van der Waals surface area contributed by atoms with E-state index in [-0.39, 0.29) is 11.4 Å². The van der Waals surface area contributed by atoms with Crippen molar-refractivity contribution in [3.8, 4) is 11.5 Å². The van der Waals surface area contributed by atoms with E-state index in [0.29, 0.717) is 24.2 Å². The number of benzene rings is 2. The summed E-state index contributed by atoms with van der Waals surface area (Å²) in [5, 5.41) is 0. The van der Waals surface area contributed by atoms with Gasteiger partial charge in [-0.25, -0.2) is 8.42 Å². The Balaban J connectivity index is 2.05. The number of carbonyl (C=O) groups excluding carboxylic acids is 1. The normalized spacial score (nSPS) is 16.8. The Labute approximate surface area is 178 Å². The molecule has 0 amide bonds. The van der Waals surface area contributed by atoms with E-state index in [0.717, 1.165) is 29.5 Å². The van der Waals surface area contributed by atoms with Crippen molar-refractivity contribution in [3.05, 3.63) is 59.7 Å². The van der Waals surface area contributed by atoms with Gasteiger partial charge in [0.2, 0.25) is 10.0 Å². The Morgan fingerprint density at radius 2 is 1.77 bits per heavy atom. The quantitative estimate of drug-likeness (QED) is 0.596. The van der Waals surface area contributed by atoms with E-state index in [1.807, 2.05) is 19.1 Å². The minimum absolute atomic E-state index is 0.187. The number of methoxy groups -OCH3 is 2. The topological polar surface area (TPSA) is 72.9 Å². The second-order valence-corrected chi connectivity index (χ2v) is 9.12. The number of carbonyl (C=O) groups is 1. The van der Waals surface area contributed by atoms with Gasteiger partial charge in [0.1, 0.15) is 6.29 Å². The number of aryl methyl sites for hydroxylation is 1. The lowest BCUT2D eigenvalue weighted by Crippen LogP contribution is -2.43. The average Bonchev–Trinajstić information content (AvgIpc) is 2.77. The Kier molecular flexibility index (Phi) is 6.95. The van der Waals surface area contributed by atoms with Crippen LogP contribution >= 0.6 is 0 Å². The van der Waals surface area contributed by atoms with Crippen LogP contribution in [0.25, 0.3) is 5.57 Å². The van der Waals surface area contributed by atoms with Crippen LogP contribution in [0.1, 0.15) is 30.4 Å². The second-order valence-electron chi connectivity index (χ2n) is 7.23. The van der Waals surface area contributed by atoms with E-state index in [2.05, 4.69) is 6.08 Å². The lowest BCUT2D eigenvalue weighted by molar-refractivity contribution is -0.108. The van der Waals surface area contributed by atoms with Crippen molar-refractivity contribution in [1.82, 2.24) is 4.31 Å². The fourth-order valence-corrected chi connectivity index (χ4v) is 5.36. The highest BCUT2D eigenvalue weighted by atomic mass is 32.2. The fourth-order valence-electron chi connectivity index (χ4n) is 3.80. The molecule has 0 heterocycles. The van der Waals surface area contributed by atoms with Crippen LogP contribution in [-0.4, -0.2) is 45.8 Å². The molecule has 30 heavy (non-hydrogen) atoms. The van der Waals surface area contributed by atoms with E-state index in [1.54, 1.807) is 44.6 Å². The molecule has 0 saturated heterocycles. The molecule has 0 spiro atoms. The van der Waals surface area contributed by atoms with E-state index < -0.39 is 16.1 Å². The predicted octanol–water partition coefficient (Wildman–Crippen LogP) is 3.84. The van der Waals surface area contributed by atoms with Crippen LogP contribution in [0.5, 0.6) is 11.5 Å². The molecule has 1 aliphatic rings. The van der Waals surface area contributed by atoms with Gasteiger partial charge >= 0.3 is 0 Å².